The number of sulfonamides is 1. The summed E-state index contributed by atoms with van der Waals surface area (Å²) in [4.78, 5) is 28.4. The van der Waals surface area contributed by atoms with Crippen molar-refractivity contribution in [2.24, 2.45) is 5.92 Å². The fraction of sp³-hybridized carbons (Fsp3) is 0.290. The van der Waals surface area contributed by atoms with Gasteiger partial charge in [-0.05, 0) is 79.4 Å². The van der Waals surface area contributed by atoms with E-state index < -0.39 is 10.0 Å². The van der Waals surface area contributed by atoms with Gasteiger partial charge in [0.25, 0.3) is 5.91 Å². The van der Waals surface area contributed by atoms with Crippen LogP contribution >= 0.6 is 11.3 Å². The Labute approximate surface area is 243 Å². The molecule has 41 heavy (non-hydrogen) atoms. The summed E-state index contributed by atoms with van der Waals surface area (Å²) in [7, 11) is -1.89. The first kappa shape index (κ1) is 27.4. The number of methoxy groups -OCH3 is 1. The summed E-state index contributed by atoms with van der Waals surface area (Å²) in [5, 5.41) is 6.54. The molecular weight excluding hydrogens is 558 g/mol. The average molecular weight is 590 g/mol. The van der Waals surface area contributed by atoms with Crippen LogP contribution in [0.25, 0.3) is 10.8 Å². The lowest BCUT2D eigenvalue weighted by Crippen LogP contribution is -2.39. The highest BCUT2D eigenvalue weighted by Crippen LogP contribution is 2.41. The van der Waals surface area contributed by atoms with E-state index in [4.69, 9.17) is 4.74 Å². The first-order valence-electron chi connectivity index (χ1n) is 13.7. The molecule has 1 aliphatic carbocycles. The molecule has 2 heterocycles. The van der Waals surface area contributed by atoms with Gasteiger partial charge in [-0.15, -0.1) is 11.3 Å². The van der Waals surface area contributed by atoms with Crippen LogP contribution in [0.3, 0.4) is 0 Å². The molecule has 0 atom stereocenters. The highest BCUT2D eigenvalue weighted by molar-refractivity contribution is 7.91. The van der Waals surface area contributed by atoms with Gasteiger partial charge in [0, 0.05) is 40.5 Å². The number of rotatable bonds is 9. The molecule has 3 aromatic carbocycles. The van der Waals surface area contributed by atoms with E-state index in [1.54, 1.807) is 24.6 Å². The number of nitrogens with one attached hydrogen (secondary N) is 2. The van der Waals surface area contributed by atoms with Crippen molar-refractivity contribution >= 4 is 55.3 Å². The molecule has 212 valence electrons. The maximum Gasteiger partial charge on any atom is 0.259 e. The Morgan fingerprint density at radius 2 is 1.78 bits per heavy atom. The molecule has 6 rings (SSSR count). The predicted octanol–water partition coefficient (Wildman–Crippen LogP) is 5.59. The van der Waals surface area contributed by atoms with E-state index in [-0.39, 0.29) is 23.8 Å². The number of carbonyl (C=O) groups is 2. The maximum absolute atomic E-state index is 13.4. The normalized spacial score (nSPS) is 18.6. The van der Waals surface area contributed by atoms with Crippen LogP contribution in [0.1, 0.15) is 41.6 Å². The number of thiophene rings is 1. The third kappa shape index (κ3) is 5.47. The Kier molecular flexibility index (Phi) is 7.54. The van der Waals surface area contributed by atoms with Crippen LogP contribution in [-0.2, 0) is 21.2 Å². The summed E-state index contributed by atoms with van der Waals surface area (Å²) in [5.74, 6) is 0.476. The van der Waals surface area contributed by atoms with Gasteiger partial charge in [0.15, 0.2) is 0 Å². The van der Waals surface area contributed by atoms with E-state index in [9.17, 15) is 18.0 Å². The van der Waals surface area contributed by atoms with Crippen molar-refractivity contribution in [2.45, 2.75) is 42.4 Å². The molecule has 2 amide bonds. The van der Waals surface area contributed by atoms with Crippen molar-refractivity contribution in [3.05, 3.63) is 83.2 Å². The molecule has 1 aromatic heterocycles. The van der Waals surface area contributed by atoms with Gasteiger partial charge in [0.05, 0.1) is 12.8 Å². The van der Waals surface area contributed by atoms with E-state index in [1.165, 1.54) is 11.3 Å². The standard InChI is InChI=1S/C31H31N3O5S2/c1-39-23-13-7-20(8-14-23)17-18-34-27-16-15-26(24-4-2-5-25(29(24)27)31(34)36)32-30(35)21-9-11-22(12-10-21)33-41(37,38)28-6-3-19-40-28/h2-8,13-16,19,21-22,33H,9-12,17-18H2,1H3,(H,32,35)/t21-,22-. The fourth-order valence-electron chi connectivity index (χ4n) is 5.81. The van der Waals surface area contributed by atoms with Gasteiger partial charge in [-0.3, -0.25) is 9.59 Å². The number of amides is 2. The van der Waals surface area contributed by atoms with Crippen molar-refractivity contribution in [3.8, 4) is 5.75 Å². The second-order valence-electron chi connectivity index (χ2n) is 10.5. The zero-order valence-electron chi connectivity index (χ0n) is 22.6. The highest BCUT2D eigenvalue weighted by atomic mass is 32.2. The molecule has 1 aliphatic heterocycles. The number of hydrogen-bond donors (Lipinski definition) is 2. The third-order valence-corrected chi connectivity index (χ3v) is 10.9. The molecule has 1 fully saturated rings. The van der Waals surface area contributed by atoms with Crippen LogP contribution < -0.4 is 19.7 Å². The molecule has 2 aliphatic rings. The van der Waals surface area contributed by atoms with Crippen molar-refractivity contribution in [3.63, 3.8) is 0 Å². The molecule has 0 spiro atoms. The second-order valence-corrected chi connectivity index (χ2v) is 13.4. The molecule has 0 saturated heterocycles. The zero-order chi connectivity index (χ0) is 28.6. The molecule has 10 heteroatoms. The number of nitrogens with zero attached hydrogens (tertiary/aromatic N) is 1. The number of hydrogen-bond acceptors (Lipinski definition) is 6. The van der Waals surface area contributed by atoms with Crippen molar-refractivity contribution < 1.29 is 22.7 Å². The monoisotopic (exact) mass is 589 g/mol. The van der Waals surface area contributed by atoms with E-state index >= 15 is 0 Å². The summed E-state index contributed by atoms with van der Waals surface area (Å²) in [5.41, 5.74) is 3.29. The van der Waals surface area contributed by atoms with Gasteiger partial charge in [-0.25, -0.2) is 13.1 Å². The zero-order valence-corrected chi connectivity index (χ0v) is 24.3. The Hall–Kier alpha value is -3.73. The molecule has 1 saturated carbocycles. The Bertz CT molecular complexity index is 1690. The summed E-state index contributed by atoms with van der Waals surface area (Å²) >= 11 is 1.19. The minimum atomic E-state index is -3.53. The van der Waals surface area contributed by atoms with Crippen LogP contribution in [0.5, 0.6) is 5.75 Å². The van der Waals surface area contributed by atoms with E-state index in [0.717, 1.165) is 27.8 Å². The Morgan fingerprint density at radius 1 is 1.00 bits per heavy atom. The number of anilines is 2. The first-order valence-corrected chi connectivity index (χ1v) is 16.1. The number of benzene rings is 3. The summed E-state index contributed by atoms with van der Waals surface area (Å²) < 4.78 is 33.5. The fourth-order valence-corrected chi connectivity index (χ4v) is 8.13. The minimum absolute atomic E-state index is 0.0362. The van der Waals surface area contributed by atoms with Crippen LogP contribution in [-0.4, -0.2) is 39.9 Å². The van der Waals surface area contributed by atoms with Crippen LogP contribution in [0.15, 0.2) is 76.3 Å². The van der Waals surface area contributed by atoms with Crippen LogP contribution in [0.4, 0.5) is 11.4 Å². The Balaban J connectivity index is 1.12. The van der Waals surface area contributed by atoms with Gasteiger partial charge < -0.3 is 15.0 Å². The maximum atomic E-state index is 13.4. The number of ether oxygens (including phenoxy) is 1. The van der Waals surface area contributed by atoms with Crippen molar-refractivity contribution in [1.82, 2.24) is 4.72 Å². The molecule has 0 unspecified atom stereocenters. The molecule has 0 bridgehead atoms. The molecule has 2 N–H and O–H groups in total. The lowest BCUT2D eigenvalue weighted by molar-refractivity contribution is -0.120. The first-order chi connectivity index (χ1) is 19.8. The Morgan fingerprint density at radius 3 is 2.49 bits per heavy atom. The van der Waals surface area contributed by atoms with Crippen molar-refractivity contribution in [2.75, 3.05) is 23.9 Å². The lowest BCUT2D eigenvalue weighted by Gasteiger charge is -2.28. The van der Waals surface area contributed by atoms with Gasteiger partial charge in [-0.2, -0.15) is 0 Å². The van der Waals surface area contributed by atoms with Gasteiger partial charge in [0.1, 0.15) is 9.96 Å². The molecule has 8 nitrogen and oxygen atoms in total. The summed E-state index contributed by atoms with van der Waals surface area (Å²) in [6.45, 7) is 0.542. The van der Waals surface area contributed by atoms with Crippen LogP contribution in [0, 0.1) is 5.92 Å². The third-order valence-electron chi connectivity index (χ3n) is 8.01. The van der Waals surface area contributed by atoms with E-state index in [2.05, 4.69) is 10.0 Å². The smallest absolute Gasteiger partial charge is 0.259 e. The second kappa shape index (κ2) is 11.3. The molecule has 4 aromatic rings. The van der Waals surface area contributed by atoms with Crippen molar-refractivity contribution in [1.29, 1.82) is 0 Å². The lowest BCUT2D eigenvalue weighted by atomic mass is 9.86. The van der Waals surface area contributed by atoms with E-state index in [0.29, 0.717) is 54.1 Å². The highest BCUT2D eigenvalue weighted by Gasteiger charge is 2.32. The minimum Gasteiger partial charge on any atom is -0.497 e. The molecular formula is C31H31N3O5S2. The van der Waals surface area contributed by atoms with Gasteiger partial charge in [0.2, 0.25) is 15.9 Å². The number of carbonyl (C=O) groups excluding carboxylic acids is 2. The van der Waals surface area contributed by atoms with Gasteiger partial charge in [-0.1, -0.05) is 30.3 Å². The predicted molar refractivity (Wildman–Crippen MR) is 161 cm³/mol. The average Bonchev–Trinajstić information content (AvgIpc) is 3.63. The molecule has 0 radical (unpaired) electrons. The van der Waals surface area contributed by atoms with Gasteiger partial charge >= 0.3 is 0 Å². The quantitative estimate of drug-likeness (QED) is 0.265. The summed E-state index contributed by atoms with van der Waals surface area (Å²) in [6.07, 6.45) is 3.11. The SMILES string of the molecule is COc1ccc(CCN2C(=O)c3cccc4c(NC(=O)[C@H]5CC[C@H](NS(=O)(=O)c6cccs6)CC5)ccc2c34)cc1. The largest absolute Gasteiger partial charge is 0.497 e. The van der Waals surface area contributed by atoms with Crippen LogP contribution in [0.2, 0.25) is 0 Å². The summed E-state index contributed by atoms with van der Waals surface area (Å²) in [6, 6.07) is 20.4. The topological polar surface area (TPSA) is 105 Å². The van der Waals surface area contributed by atoms with E-state index in [1.807, 2.05) is 59.5 Å².